The van der Waals surface area contributed by atoms with Crippen LogP contribution in [0, 0.1) is 0 Å². The summed E-state index contributed by atoms with van der Waals surface area (Å²) in [6.07, 6.45) is 0.769. The summed E-state index contributed by atoms with van der Waals surface area (Å²) in [6.45, 7) is 2.45. The molecule has 1 aromatic heterocycles. The lowest BCUT2D eigenvalue weighted by Gasteiger charge is -2.24. The number of hydrogen-bond acceptors (Lipinski definition) is 5. The molecule has 0 aliphatic carbocycles. The van der Waals surface area contributed by atoms with Crippen molar-refractivity contribution in [1.82, 2.24) is 14.8 Å². The van der Waals surface area contributed by atoms with Crippen molar-refractivity contribution in [1.29, 1.82) is 0 Å². The number of amides is 2. The van der Waals surface area contributed by atoms with Crippen molar-refractivity contribution >= 4 is 34.2 Å². The molecule has 8 nitrogen and oxygen atoms in total. The number of aromatic amines is 1. The van der Waals surface area contributed by atoms with Gasteiger partial charge in [-0.15, -0.1) is 0 Å². The second-order valence-corrected chi connectivity index (χ2v) is 8.66. The maximum atomic E-state index is 13.1. The van der Waals surface area contributed by atoms with E-state index >= 15 is 0 Å². The summed E-state index contributed by atoms with van der Waals surface area (Å²) in [7, 11) is 3.97. The van der Waals surface area contributed by atoms with Crippen molar-refractivity contribution in [2.75, 3.05) is 45.7 Å². The van der Waals surface area contributed by atoms with Gasteiger partial charge in [0.25, 0.3) is 5.56 Å². The van der Waals surface area contributed by atoms with Gasteiger partial charge in [0.05, 0.1) is 12.1 Å². The van der Waals surface area contributed by atoms with Crippen molar-refractivity contribution in [2.45, 2.75) is 13.0 Å². The fourth-order valence-corrected chi connectivity index (χ4v) is 3.80. The molecule has 4 rings (SSSR count). The third-order valence-corrected chi connectivity index (χ3v) is 5.61. The molecule has 3 aromatic rings. The summed E-state index contributed by atoms with van der Waals surface area (Å²) >= 11 is 5.94. The molecule has 1 aliphatic rings. The Morgan fingerprint density at radius 3 is 2.45 bits per heavy atom. The number of hydrogen-bond donors (Lipinski definition) is 2. The molecular formula is C24H27ClN4O4. The topological polar surface area (TPSA) is 86.9 Å². The lowest BCUT2D eigenvalue weighted by molar-refractivity contribution is 0.172. The third kappa shape index (κ3) is 5.77. The molecule has 0 saturated heterocycles. The van der Waals surface area contributed by atoms with E-state index in [4.69, 9.17) is 21.1 Å². The number of carbonyl (C=O) groups excluding carboxylic acids is 1. The highest BCUT2D eigenvalue weighted by atomic mass is 35.5. The van der Waals surface area contributed by atoms with E-state index in [0.29, 0.717) is 53.0 Å². The van der Waals surface area contributed by atoms with Crippen LogP contribution in [-0.2, 0) is 6.54 Å². The zero-order valence-corrected chi connectivity index (χ0v) is 19.4. The molecular weight excluding hydrogens is 444 g/mol. The fraction of sp³-hybridized carbons (Fsp3) is 0.333. The molecule has 0 unspecified atom stereocenters. The van der Waals surface area contributed by atoms with Crippen LogP contribution in [0.2, 0.25) is 5.02 Å². The Hall–Kier alpha value is -3.23. The Morgan fingerprint density at radius 2 is 1.76 bits per heavy atom. The summed E-state index contributed by atoms with van der Waals surface area (Å²) in [5, 5.41) is 4.30. The highest BCUT2D eigenvalue weighted by Crippen LogP contribution is 2.33. The zero-order chi connectivity index (χ0) is 23.4. The van der Waals surface area contributed by atoms with Gasteiger partial charge in [0.2, 0.25) is 0 Å². The fourth-order valence-electron chi connectivity index (χ4n) is 3.68. The first-order valence-corrected chi connectivity index (χ1v) is 11.2. The Kier molecular flexibility index (Phi) is 7.05. The van der Waals surface area contributed by atoms with Gasteiger partial charge in [-0.2, -0.15) is 0 Å². The molecule has 0 saturated carbocycles. The van der Waals surface area contributed by atoms with Crippen LogP contribution in [-0.4, -0.2) is 61.2 Å². The number of H-pyrrole nitrogens is 1. The minimum absolute atomic E-state index is 0.173. The van der Waals surface area contributed by atoms with Crippen molar-refractivity contribution < 1.29 is 14.3 Å². The van der Waals surface area contributed by atoms with Crippen LogP contribution in [0.5, 0.6) is 11.5 Å². The number of aromatic nitrogens is 1. The SMILES string of the molecule is CN(C)CCCN(Cc1cc2cc3c(cc2[nH]c1=O)OCCO3)C(=O)Nc1ccc(Cl)cc1. The number of benzene rings is 2. The standard InChI is InChI=1S/C24H27ClN4O4/c1-28(2)8-3-9-29(24(31)26-19-6-4-18(25)5-7-19)15-17-12-16-13-21-22(33-11-10-32-21)14-20(16)27-23(17)30/h4-7,12-14H,3,8-11,15H2,1-2H3,(H,26,31)(H,27,30). The molecule has 2 N–H and O–H groups in total. The van der Waals surface area contributed by atoms with E-state index in [1.807, 2.05) is 20.2 Å². The number of fused-ring (bicyclic) bond motifs is 2. The number of carbonyl (C=O) groups is 1. The van der Waals surface area contributed by atoms with Gasteiger partial charge in [0.15, 0.2) is 11.5 Å². The van der Waals surface area contributed by atoms with Crippen molar-refractivity contribution in [2.24, 2.45) is 0 Å². The van der Waals surface area contributed by atoms with Gasteiger partial charge in [-0.1, -0.05) is 11.6 Å². The lowest BCUT2D eigenvalue weighted by Crippen LogP contribution is -2.37. The third-order valence-electron chi connectivity index (χ3n) is 5.36. The van der Waals surface area contributed by atoms with Crippen LogP contribution < -0.4 is 20.3 Å². The summed E-state index contributed by atoms with van der Waals surface area (Å²) < 4.78 is 11.3. The van der Waals surface area contributed by atoms with Crippen LogP contribution in [0.1, 0.15) is 12.0 Å². The zero-order valence-electron chi connectivity index (χ0n) is 18.7. The number of pyridine rings is 1. The van der Waals surface area contributed by atoms with Gasteiger partial charge < -0.3 is 29.6 Å². The van der Waals surface area contributed by atoms with E-state index in [9.17, 15) is 9.59 Å². The molecule has 0 bridgehead atoms. The lowest BCUT2D eigenvalue weighted by atomic mass is 10.1. The van der Waals surface area contributed by atoms with Gasteiger partial charge >= 0.3 is 6.03 Å². The van der Waals surface area contributed by atoms with E-state index in [2.05, 4.69) is 15.2 Å². The number of anilines is 1. The number of nitrogens with zero attached hydrogens (tertiary/aromatic N) is 2. The summed E-state index contributed by atoms with van der Waals surface area (Å²) in [5.41, 5.74) is 1.56. The van der Waals surface area contributed by atoms with Crippen LogP contribution in [0.15, 0.2) is 47.3 Å². The highest BCUT2D eigenvalue weighted by molar-refractivity contribution is 6.30. The molecule has 2 amide bonds. The highest BCUT2D eigenvalue weighted by Gasteiger charge is 2.18. The van der Waals surface area contributed by atoms with Crippen LogP contribution in [0.25, 0.3) is 10.9 Å². The van der Waals surface area contributed by atoms with Gasteiger partial charge in [-0.05, 0) is 63.5 Å². The van der Waals surface area contributed by atoms with E-state index in [0.717, 1.165) is 18.4 Å². The summed E-state index contributed by atoms with van der Waals surface area (Å²) in [5.74, 6) is 1.26. The molecule has 174 valence electrons. The molecule has 0 spiro atoms. The molecule has 1 aliphatic heterocycles. The molecule has 0 fully saturated rings. The Balaban J connectivity index is 1.58. The molecule has 2 heterocycles. The smallest absolute Gasteiger partial charge is 0.322 e. The monoisotopic (exact) mass is 470 g/mol. The molecule has 0 radical (unpaired) electrons. The second-order valence-electron chi connectivity index (χ2n) is 8.22. The van der Waals surface area contributed by atoms with Gasteiger partial charge in [-0.25, -0.2) is 4.79 Å². The summed E-state index contributed by atoms with van der Waals surface area (Å²) in [6, 6.07) is 12.1. The van der Waals surface area contributed by atoms with E-state index in [-0.39, 0.29) is 18.1 Å². The maximum absolute atomic E-state index is 13.1. The number of urea groups is 1. The minimum atomic E-state index is -0.280. The predicted octanol–water partition coefficient (Wildman–Crippen LogP) is 3.94. The predicted molar refractivity (Wildman–Crippen MR) is 130 cm³/mol. The van der Waals surface area contributed by atoms with Gasteiger partial charge in [0, 0.05) is 34.3 Å². The first kappa shape index (κ1) is 22.9. The van der Waals surface area contributed by atoms with Crippen LogP contribution in [0.4, 0.5) is 10.5 Å². The average molecular weight is 471 g/mol. The quantitative estimate of drug-likeness (QED) is 0.546. The van der Waals surface area contributed by atoms with E-state index in [1.54, 1.807) is 41.3 Å². The number of nitrogens with one attached hydrogen (secondary N) is 2. The Morgan fingerprint density at radius 1 is 1.06 bits per heavy atom. The minimum Gasteiger partial charge on any atom is -0.486 e. The normalized spacial score (nSPS) is 12.7. The van der Waals surface area contributed by atoms with Crippen LogP contribution in [0.3, 0.4) is 0 Å². The number of rotatable bonds is 7. The number of ether oxygens (including phenoxy) is 2. The molecule has 0 atom stereocenters. The van der Waals surface area contributed by atoms with Gasteiger partial charge in [0.1, 0.15) is 13.2 Å². The average Bonchev–Trinajstić information content (AvgIpc) is 2.78. The van der Waals surface area contributed by atoms with Crippen molar-refractivity contribution in [3.63, 3.8) is 0 Å². The molecule has 2 aromatic carbocycles. The first-order valence-electron chi connectivity index (χ1n) is 10.8. The van der Waals surface area contributed by atoms with Crippen molar-refractivity contribution in [3.05, 3.63) is 63.4 Å². The molecule has 9 heteroatoms. The van der Waals surface area contributed by atoms with E-state index < -0.39 is 0 Å². The van der Waals surface area contributed by atoms with Crippen molar-refractivity contribution in [3.8, 4) is 11.5 Å². The molecule has 33 heavy (non-hydrogen) atoms. The number of halogens is 1. The summed E-state index contributed by atoms with van der Waals surface area (Å²) in [4.78, 5) is 32.5. The second kappa shape index (κ2) is 10.1. The van der Waals surface area contributed by atoms with Gasteiger partial charge in [-0.3, -0.25) is 4.79 Å². The Bertz CT molecular complexity index is 1190. The largest absolute Gasteiger partial charge is 0.486 e. The van der Waals surface area contributed by atoms with Crippen LogP contribution >= 0.6 is 11.6 Å². The Labute approximate surface area is 197 Å². The first-order chi connectivity index (χ1) is 15.9. The maximum Gasteiger partial charge on any atom is 0.322 e. The van der Waals surface area contributed by atoms with E-state index in [1.165, 1.54) is 0 Å².